The molecule has 23 heavy (non-hydrogen) atoms. The summed E-state index contributed by atoms with van der Waals surface area (Å²) in [5.41, 5.74) is 7.41. The van der Waals surface area contributed by atoms with Crippen LogP contribution in [0.4, 0.5) is 11.4 Å². The van der Waals surface area contributed by atoms with Crippen LogP contribution in [-0.4, -0.2) is 28.4 Å². The maximum atomic E-state index is 12.5. The Hall–Kier alpha value is -2.30. The first kappa shape index (κ1) is 17.1. The fourth-order valence-corrected chi connectivity index (χ4v) is 3.49. The molecule has 0 saturated carbocycles. The average molecular weight is 355 g/mol. The van der Waals surface area contributed by atoms with Gasteiger partial charge >= 0.3 is 0 Å². The van der Waals surface area contributed by atoms with E-state index in [9.17, 15) is 16.8 Å². The third kappa shape index (κ3) is 3.55. The molecule has 0 saturated heterocycles. The SMILES string of the molecule is CN(c1ccc(S(=O)(=O)O)cc1)S(=O)(=O)c1ccc(N=N)cc1. The van der Waals surface area contributed by atoms with Gasteiger partial charge in [-0.1, -0.05) is 0 Å². The smallest absolute Gasteiger partial charge is 0.282 e. The number of nitrogens with zero attached hydrogens (tertiary/aromatic N) is 2. The van der Waals surface area contributed by atoms with Gasteiger partial charge in [-0.2, -0.15) is 13.5 Å². The van der Waals surface area contributed by atoms with Gasteiger partial charge in [0.05, 0.1) is 21.2 Å². The van der Waals surface area contributed by atoms with E-state index >= 15 is 0 Å². The molecule has 0 radical (unpaired) electrons. The second-order valence-electron chi connectivity index (χ2n) is 4.55. The second kappa shape index (κ2) is 6.07. The maximum absolute atomic E-state index is 12.5. The highest BCUT2D eigenvalue weighted by Gasteiger charge is 2.21. The largest absolute Gasteiger partial charge is 0.294 e. The summed E-state index contributed by atoms with van der Waals surface area (Å²) in [6.45, 7) is 0. The first-order chi connectivity index (χ1) is 10.7. The van der Waals surface area contributed by atoms with Crippen LogP contribution in [0.1, 0.15) is 0 Å². The van der Waals surface area contributed by atoms with E-state index in [1.807, 2.05) is 0 Å². The van der Waals surface area contributed by atoms with Crippen LogP contribution in [0.15, 0.2) is 63.4 Å². The molecule has 0 aliphatic carbocycles. The number of nitrogens with one attached hydrogen (secondary N) is 1. The summed E-state index contributed by atoms with van der Waals surface area (Å²) in [6, 6.07) is 10.2. The molecule has 8 nitrogen and oxygen atoms in total. The van der Waals surface area contributed by atoms with Crippen molar-refractivity contribution in [2.45, 2.75) is 9.79 Å². The van der Waals surface area contributed by atoms with E-state index in [1.165, 1.54) is 43.4 Å². The van der Waals surface area contributed by atoms with Crippen LogP contribution in [0, 0.1) is 5.53 Å². The first-order valence-electron chi connectivity index (χ1n) is 6.20. The molecule has 0 aliphatic heterocycles. The molecule has 122 valence electrons. The van der Waals surface area contributed by atoms with E-state index in [2.05, 4.69) is 5.11 Å². The fraction of sp³-hybridized carbons (Fsp3) is 0.0769. The molecule has 0 atom stereocenters. The lowest BCUT2D eigenvalue weighted by Crippen LogP contribution is -2.26. The van der Waals surface area contributed by atoms with Crippen molar-refractivity contribution < 1.29 is 21.4 Å². The Morgan fingerprint density at radius 1 is 0.913 bits per heavy atom. The molecular weight excluding hydrogens is 342 g/mol. The molecule has 0 unspecified atom stereocenters. The Balaban J connectivity index is 2.37. The Morgan fingerprint density at radius 2 is 1.39 bits per heavy atom. The van der Waals surface area contributed by atoms with E-state index in [4.69, 9.17) is 10.1 Å². The number of benzene rings is 2. The van der Waals surface area contributed by atoms with Crippen LogP contribution >= 0.6 is 0 Å². The standard InChI is InChI=1S/C13H13N3O5S2/c1-16(11-4-8-13(9-5-11)23(19,20)21)22(17,18)12-6-2-10(15-14)3-7-12/h2-9,14H,1H3,(H,19,20,21). The first-order valence-corrected chi connectivity index (χ1v) is 9.08. The molecule has 0 bridgehead atoms. The Kier molecular flexibility index (Phi) is 4.50. The van der Waals surface area contributed by atoms with E-state index < -0.39 is 20.1 Å². The van der Waals surface area contributed by atoms with Gasteiger partial charge in [-0.25, -0.2) is 13.9 Å². The Bertz CT molecular complexity index is 921. The maximum Gasteiger partial charge on any atom is 0.294 e. The number of hydrogen-bond donors (Lipinski definition) is 2. The van der Waals surface area contributed by atoms with Crippen molar-refractivity contribution in [2.24, 2.45) is 5.11 Å². The molecule has 2 N–H and O–H groups in total. The molecule has 2 aromatic rings. The summed E-state index contributed by atoms with van der Waals surface area (Å²) >= 11 is 0. The lowest BCUT2D eigenvalue weighted by atomic mass is 10.3. The van der Waals surface area contributed by atoms with Gasteiger partial charge in [0.25, 0.3) is 20.1 Å². The van der Waals surface area contributed by atoms with Crippen molar-refractivity contribution in [3.63, 3.8) is 0 Å². The predicted octanol–water partition coefficient (Wildman–Crippen LogP) is 2.42. The quantitative estimate of drug-likeness (QED) is 0.629. The molecule has 0 spiro atoms. The zero-order valence-corrected chi connectivity index (χ0v) is 13.5. The van der Waals surface area contributed by atoms with Crippen LogP contribution in [-0.2, 0) is 20.1 Å². The molecular formula is C13H13N3O5S2. The highest BCUT2D eigenvalue weighted by atomic mass is 32.2. The van der Waals surface area contributed by atoms with Gasteiger partial charge in [0.1, 0.15) is 0 Å². The third-order valence-electron chi connectivity index (χ3n) is 3.12. The van der Waals surface area contributed by atoms with E-state index in [0.717, 1.165) is 16.4 Å². The van der Waals surface area contributed by atoms with Gasteiger partial charge in [-0.15, -0.1) is 0 Å². The lowest BCUT2D eigenvalue weighted by Gasteiger charge is -2.19. The van der Waals surface area contributed by atoms with Gasteiger partial charge in [0, 0.05) is 7.05 Å². The van der Waals surface area contributed by atoms with Crippen LogP contribution in [0.5, 0.6) is 0 Å². The van der Waals surface area contributed by atoms with Crippen LogP contribution < -0.4 is 4.31 Å². The number of anilines is 1. The summed E-state index contributed by atoms with van der Waals surface area (Å²) in [5, 5.41) is 3.19. The third-order valence-corrected chi connectivity index (χ3v) is 5.79. The highest BCUT2D eigenvalue weighted by molar-refractivity contribution is 7.92. The molecule has 10 heteroatoms. The molecule has 0 amide bonds. The monoisotopic (exact) mass is 355 g/mol. The minimum atomic E-state index is -4.34. The van der Waals surface area contributed by atoms with Gasteiger partial charge in [0.2, 0.25) is 0 Å². The highest BCUT2D eigenvalue weighted by Crippen LogP contribution is 2.24. The van der Waals surface area contributed by atoms with Crippen molar-refractivity contribution in [3.05, 3.63) is 48.5 Å². The van der Waals surface area contributed by atoms with Gasteiger partial charge in [-0.3, -0.25) is 8.86 Å². The van der Waals surface area contributed by atoms with Crippen molar-refractivity contribution in [3.8, 4) is 0 Å². The van der Waals surface area contributed by atoms with Crippen LogP contribution in [0.25, 0.3) is 0 Å². The van der Waals surface area contributed by atoms with E-state index in [1.54, 1.807) is 0 Å². The van der Waals surface area contributed by atoms with Gasteiger partial charge in [0.15, 0.2) is 0 Å². The topological polar surface area (TPSA) is 128 Å². The minimum absolute atomic E-state index is 0.00579. The van der Waals surface area contributed by atoms with Crippen molar-refractivity contribution in [2.75, 3.05) is 11.4 Å². The average Bonchev–Trinajstić information content (AvgIpc) is 2.53. The molecule has 2 aromatic carbocycles. The summed E-state index contributed by atoms with van der Waals surface area (Å²) < 4.78 is 56.9. The number of sulfonamides is 1. The van der Waals surface area contributed by atoms with Crippen molar-refractivity contribution in [1.29, 1.82) is 5.53 Å². The zero-order valence-electron chi connectivity index (χ0n) is 11.9. The molecule has 0 heterocycles. The van der Waals surface area contributed by atoms with Gasteiger partial charge < -0.3 is 0 Å². The fourth-order valence-electron chi connectivity index (χ4n) is 1.82. The summed E-state index contributed by atoms with van der Waals surface area (Å²) in [5.74, 6) is 0. The molecule has 0 fully saturated rings. The molecule has 0 aliphatic rings. The lowest BCUT2D eigenvalue weighted by molar-refractivity contribution is 0.483. The van der Waals surface area contributed by atoms with Crippen LogP contribution in [0.2, 0.25) is 0 Å². The van der Waals surface area contributed by atoms with Crippen molar-refractivity contribution in [1.82, 2.24) is 0 Å². The summed E-state index contributed by atoms with van der Waals surface area (Å²) in [4.78, 5) is -0.320. The number of rotatable bonds is 5. The van der Waals surface area contributed by atoms with E-state index in [0.29, 0.717) is 5.69 Å². The second-order valence-corrected chi connectivity index (χ2v) is 7.94. The van der Waals surface area contributed by atoms with Crippen molar-refractivity contribution >= 4 is 31.5 Å². The minimum Gasteiger partial charge on any atom is -0.282 e. The summed E-state index contributed by atoms with van der Waals surface area (Å²) in [6.07, 6.45) is 0. The van der Waals surface area contributed by atoms with E-state index in [-0.39, 0.29) is 15.5 Å². The zero-order chi connectivity index (χ0) is 17.3. The normalized spacial score (nSPS) is 11.9. The Morgan fingerprint density at radius 3 is 1.83 bits per heavy atom. The van der Waals surface area contributed by atoms with Crippen LogP contribution in [0.3, 0.4) is 0 Å². The molecule has 2 rings (SSSR count). The van der Waals surface area contributed by atoms with Gasteiger partial charge in [-0.05, 0) is 48.5 Å². The summed E-state index contributed by atoms with van der Waals surface area (Å²) in [7, 11) is -6.86. The number of hydrogen-bond acceptors (Lipinski definition) is 6. The predicted molar refractivity (Wildman–Crippen MR) is 83.1 cm³/mol. The Labute approximate surface area is 133 Å². The molecule has 0 aromatic heterocycles.